The number of fused-ring (bicyclic) bond motifs is 1. The van der Waals surface area contributed by atoms with E-state index in [4.69, 9.17) is 0 Å². The number of pyridine rings is 2. The largest absolute Gasteiger partial charge is 0.618 e. The van der Waals surface area contributed by atoms with Crippen molar-refractivity contribution in [3.8, 4) is 0 Å². The van der Waals surface area contributed by atoms with Gasteiger partial charge >= 0.3 is 0 Å². The van der Waals surface area contributed by atoms with Gasteiger partial charge in [-0.15, -0.1) is 0 Å². The van der Waals surface area contributed by atoms with Crippen molar-refractivity contribution in [1.29, 1.82) is 0 Å². The Morgan fingerprint density at radius 2 is 1.89 bits per heavy atom. The number of benzene rings is 1. The molecule has 3 rings (SSSR count). The molecule has 0 fully saturated rings. The van der Waals surface area contributed by atoms with Gasteiger partial charge in [-0.05, 0) is 24.6 Å². The second-order valence-corrected chi connectivity index (χ2v) is 4.63. The predicted molar refractivity (Wildman–Crippen MR) is 74.7 cm³/mol. The van der Waals surface area contributed by atoms with Gasteiger partial charge in [-0.2, -0.15) is 4.73 Å². The molecule has 0 radical (unpaired) electrons. The molecular formula is C16H14N2O. The molecule has 3 nitrogen and oxygen atoms in total. The highest BCUT2D eigenvalue weighted by molar-refractivity contribution is 5.82. The summed E-state index contributed by atoms with van der Waals surface area (Å²) in [6.45, 7) is 1.98. The first kappa shape index (κ1) is 11.7. The molecule has 2 heterocycles. The summed E-state index contributed by atoms with van der Waals surface area (Å²) in [4.78, 5) is 4.52. The lowest BCUT2D eigenvalue weighted by molar-refractivity contribution is -0.613. The zero-order valence-corrected chi connectivity index (χ0v) is 10.7. The molecule has 0 N–H and O–H groups in total. The van der Waals surface area contributed by atoms with Crippen LogP contribution in [-0.4, -0.2) is 4.98 Å². The molecule has 19 heavy (non-hydrogen) atoms. The Labute approximate surface area is 111 Å². The molecule has 0 amide bonds. The van der Waals surface area contributed by atoms with E-state index in [2.05, 4.69) is 17.1 Å². The van der Waals surface area contributed by atoms with Crippen molar-refractivity contribution in [3.05, 3.63) is 76.9 Å². The number of aryl methyl sites for hydroxylation is 1. The van der Waals surface area contributed by atoms with E-state index < -0.39 is 0 Å². The number of rotatable bonds is 2. The van der Waals surface area contributed by atoms with Gasteiger partial charge in [-0.1, -0.05) is 24.3 Å². The average molecular weight is 250 g/mol. The Kier molecular flexibility index (Phi) is 2.88. The summed E-state index contributed by atoms with van der Waals surface area (Å²) in [5, 5.41) is 12.9. The van der Waals surface area contributed by atoms with Crippen LogP contribution >= 0.6 is 0 Å². The average Bonchev–Trinajstić information content (AvgIpc) is 2.41. The van der Waals surface area contributed by atoms with Gasteiger partial charge in [-0.25, -0.2) is 0 Å². The van der Waals surface area contributed by atoms with Gasteiger partial charge in [0.2, 0.25) is 0 Å². The fourth-order valence-corrected chi connectivity index (χ4v) is 2.34. The highest BCUT2D eigenvalue weighted by Crippen LogP contribution is 2.20. The normalized spacial score (nSPS) is 10.8. The number of hydrogen-bond acceptors (Lipinski definition) is 2. The van der Waals surface area contributed by atoms with E-state index in [9.17, 15) is 5.21 Å². The van der Waals surface area contributed by atoms with Gasteiger partial charge in [0, 0.05) is 23.2 Å². The van der Waals surface area contributed by atoms with Crippen molar-refractivity contribution < 1.29 is 4.73 Å². The third-order valence-corrected chi connectivity index (χ3v) is 3.21. The molecule has 0 saturated heterocycles. The lowest BCUT2D eigenvalue weighted by Crippen LogP contribution is -2.30. The zero-order chi connectivity index (χ0) is 13.2. The van der Waals surface area contributed by atoms with E-state index in [0.29, 0.717) is 6.42 Å². The van der Waals surface area contributed by atoms with Crippen molar-refractivity contribution in [2.75, 3.05) is 0 Å². The molecule has 0 spiro atoms. The molecule has 0 aliphatic carbocycles. The van der Waals surface area contributed by atoms with Crippen molar-refractivity contribution >= 4 is 10.9 Å². The first-order chi connectivity index (χ1) is 9.24. The van der Waals surface area contributed by atoms with Gasteiger partial charge in [-0.3, -0.25) is 4.98 Å². The van der Waals surface area contributed by atoms with Crippen molar-refractivity contribution in [1.82, 2.24) is 4.98 Å². The van der Waals surface area contributed by atoms with Gasteiger partial charge in [0.15, 0.2) is 11.9 Å². The zero-order valence-electron chi connectivity index (χ0n) is 10.7. The van der Waals surface area contributed by atoms with Crippen LogP contribution < -0.4 is 4.73 Å². The second kappa shape index (κ2) is 4.69. The monoisotopic (exact) mass is 250 g/mol. The highest BCUT2D eigenvalue weighted by Gasteiger charge is 2.09. The first-order valence-corrected chi connectivity index (χ1v) is 6.26. The minimum atomic E-state index is 0.619. The van der Waals surface area contributed by atoms with Crippen LogP contribution in [0.15, 0.2) is 54.7 Å². The van der Waals surface area contributed by atoms with Gasteiger partial charge < -0.3 is 5.21 Å². The van der Waals surface area contributed by atoms with E-state index in [1.807, 2.05) is 37.3 Å². The molecular weight excluding hydrogens is 236 g/mol. The quantitative estimate of drug-likeness (QED) is 0.518. The Balaban J connectivity index is 2.13. The topological polar surface area (TPSA) is 39.8 Å². The van der Waals surface area contributed by atoms with Crippen molar-refractivity contribution in [2.45, 2.75) is 13.3 Å². The number of hydrogen-bond donors (Lipinski definition) is 0. The third kappa shape index (κ3) is 2.27. The summed E-state index contributed by atoms with van der Waals surface area (Å²) in [5.41, 5.74) is 3.84. The Morgan fingerprint density at radius 1 is 1.11 bits per heavy atom. The molecule has 1 aromatic carbocycles. The number of para-hydroxylation sites is 1. The van der Waals surface area contributed by atoms with Gasteiger partial charge in [0.1, 0.15) is 0 Å². The lowest BCUT2D eigenvalue weighted by atomic mass is 10.0. The molecule has 0 saturated carbocycles. The fourth-order valence-electron chi connectivity index (χ4n) is 2.34. The Hall–Kier alpha value is -2.42. The molecule has 0 aliphatic rings. The van der Waals surface area contributed by atoms with Crippen LogP contribution in [0.25, 0.3) is 10.9 Å². The summed E-state index contributed by atoms with van der Waals surface area (Å²) >= 11 is 0. The van der Waals surface area contributed by atoms with Crippen LogP contribution in [0.2, 0.25) is 0 Å². The lowest BCUT2D eigenvalue weighted by Gasteiger charge is -2.08. The summed E-state index contributed by atoms with van der Waals surface area (Å²) in [5.74, 6) is 0. The first-order valence-electron chi connectivity index (χ1n) is 6.26. The maximum atomic E-state index is 11.7. The molecule has 0 atom stereocenters. The Bertz CT molecular complexity index is 738. The number of nitrogens with zero attached hydrogens (tertiary/aromatic N) is 2. The van der Waals surface area contributed by atoms with Gasteiger partial charge in [0.25, 0.3) is 0 Å². The summed E-state index contributed by atoms with van der Waals surface area (Å²) in [6.07, 6.45) is 2.15. The summed E-state index contributed by atoms with van der Waals surface area (Å²) in [7, 11) is 0. The number of aromatic nitrogens is 2. The summed E-state index contributed by atoms with van der Waals surface area (Å²) in [6, 6.07) is 15.6. The van der Waals surface area contributed by atoms with Crippen molar-refractivity contribution in [2.24, 2.45) is 0 Å². The smallest absolute Gasteiger partial charge is 0.197 e. The van der Waals surface area contributed by atoms with Crippen LogP contribution in [-0.2, 0) is 6.42 Å². The van der Waals surface area contributed by atoms with E-state index in [1.54, 1.807) is 6.07 Å². The fraction of sp³-hybridized carbons (Fsp3) is 0.125. The Morgan fingerprint density at radius 3 is 2.74 bits per heavy atom. The minimum absolute atomic E-state index is 0.619. The molecule has 2 aromatic heterocycles. The molecule has 3 aromatic rings. The molecule has 0 unspecified atom stereocenters. The summed E-state index contributed by atoms with van der Waals surface area (Å²) < 4.78 is 0.921. The molecule has 0 bridgehead atoms. The van der Waals surface area contributed by atoms with Gasteiger partial charge in [0.05, 0.1) is 11.9 Å². The second-order valence-electron chi connectivity index (χ2n) is 4.63. The molecule has 94 valence electrons. The van der Waals surface area contributed by atoms with E-state index in [0.717, 1.165) is 32.6 Å². The highest BCUT2D eigenvalue weighted by atomic mass is 16.5. The van der Waals surface area contributed by atoms with E-state index in [1.165, 1.54) is 6.20 Å². The van der Waals surface area contributed by atoms with Crippen LogP contribution in [0.5, 0.6) is 0 Å². The van der Waals surface area contributed by atoms with Crippen LogP contribution in [0, 0.1) is 12.1 Å². The molecule has 3 heteroatoms. The SMILES string of the molecule is Cc1cc(Cc2cccc[n+]2[O-])c2ccccc2n1. The maximum Gasteiger partial charge on any atom is 0.197 e. The van der Waals surface area contributed by atoms with Crippen LogP contribution in [0.4, 0.5) is 0 Å². The predicted octanol–water partition coefficient (Wildman–Crippen LogP) is 2.77. The van der Waals surface area contributed by atoms with Crippen LogP contribution in [0.3, 0.4) is 0 Å². The molecule has 0 aliphatic heterocycles. The minimum Gasteiger partial charge on any atom is -0.618 e. The van der Waals surface area contributed by atoms with E-state index in [-0.39, 0.29) is 0 Å². The maximum absolute atomic E-state index is 11.7. The standard InChI is InChI=1S/C16H14N2O/c1-12-10-13(11-14-6-4-5-9-18(14)19)15-7-2-3-8-16(15)17-12/h2-10H,11H2,1H3. The van der Waals surface area contributed by atoms with E-state index >= 15 is 0 Å². The van der Waals surface area contributed by atoms with Crippen molar-refractivity contribution in [3.63, 3.8) is 0 Å². The third-order valence-electron chi connectivity index (χ3n) is 3.21. The van der Waals surface area contributed by atoms with Crippen LogP contribution in [0.1, 0.15) is 17.0 Å².